The van der Waals surface area contributed by atoms with Gasteiger partial charge in [-0.2, -0.15) is 0 Å². The summed E-state index contributed by atoms with van der Waals surface area (Å²) in [6.45, 7) is 6.56. The molecule has 0 aromatic heterocycles. The lowest BCUT2D eigenvalue weighted by Crippen LogP contribution is -2.09. The topological polar surface area (TPSA) is 74.5 Å². The minimum atomic E-state index is -3.12. The first-order chi connectivity index (χ1) is 7.02. The average Bonchev–Trinajstić information content (AvgIpc) is 2.92. The van der Waals surface area contributed by atoms with E-state index in [0.717, 1.165) is 13.0 Å². The summed E-state index contributed by atoms with van der Waals surface area (Å²) >= 11 is 0. The standard InChI is InChI=1S/C9H15NO.H2O3S/c1-3-5-6-8-7-10(8)9(11)4-2;1-4(2)3/h4,8H,2-3,5-7H2,1H3;4H,(H,1,2,3). The predicted molar refractivity (Wildman–Crippen MR) is 58.2 cm³/mol. The Kier molecular flexibility index (Phi) is 6.98. The molecule has 1 aliphatic rings. The van der Waals surface area contributed by atoms with E-state index in [1.54, 1.807) is 0 Å². The number of rotatable bonds is 4. The van der Waals surface area contributed by atoms with E-state index in [0.29, 0.717) is 6.04 Å². The quantitative estimate of drug-likeness (QED) is 0.324. The minimum Gasteiger partial charge on any atom is -0.332 e. The molecule has 1 N–H and O–H groups in total. The molecule has 0 spiro atoms. The third-order valence-corrected chi connectivity index (χ3v) is 2.06. The van der Waals surface area contributed by atoms with Crippen molar-refractivity contribution in [1.82, 2.24) is 4.90 Å². The van der Waals surface area contributed by atoms with Crippen molar-refractivity contribution < 1.29 is 17.8 Å². The molecule has 1 aliphatic heterocycles. The van der Waals surface area contributed by atoms with Gasteiger partial charge in [-0.3, -0.25) is 9.35 Å². The summed E-state index contributed by atoms with van der Waals surface area (Å²) in [5.41, 5.74) is 0. The Balaban J connectivity index is 0.000000423. The van der Waals surface area contributed by atoms with Crippen molar-refractivity contribution in [2.45, 2.75) is 32.2 Å². The van der Waals surface area contributed by atoms with Gasteiger partial charge >= 0.3 is 0 Å². The van der Waals surface area contributed by atoms with Crippen molar-refractivity contribution >= 4 is 16.9 Å². The molecular formula is C9H17NO4S. The van der Waals surface area contributed by atoms with Crippen LogP contribution in [0, 0.1) is 0 Å². The van der Waals surface area contributed by atoms with Crippen molar-refractivity contribution in [1.29, 1.82) is 0 Å². The molecule has 1 heterocycles. The van der Waals surface area contributed by atoms with Crippen molar-refractivity contribution in [2.75, 3.05) is 6.54 Å². The lowest BCUT2D eigenvalue weighted by Gasteiger charge is -1.97. The van der Waals surface area contributed by atoms with Crippen LogP contribution in [0.5, 0.6) is 0 Å². The molecule has 1 rings (SSSR count). The molecule has 0 radical (unpaired) electrons. The molecule has 5 nitrogen and oxygen atoms in total. The molecule has 0 saturated carbocycles. The number of hydrogen-bond donors (Lipinski definition) is 2. The largest absolute Gasteiger partial charge is 0.332 e. The first-order valence-corrected chi connectivity index (χ1v) is 5.92. The highest BCUT2D eigenvalue weighted by Gasteiger charge is 2.35. The van der Waals surface area contributed by atoms with Crippen LogP contribution in [0.1, 0.15) is 26.2 Å². The second kappa shape index (κ2) is 7.42. The zero-order valence-electron chi connectivity index (χ0n) is 8.76. The van der Waals surface area contributed by atoms with Gasteiger partial charge in [-0.25, -0.2) is 8.42 Å². The number of thiol groups is 1. The number of unbranched alkanes of at least 4 members (excludes halogenated alkanes) is 1. The van der Waals surface area contributed by atoms with E-state index in [9.17, 15) is 4.79 Å². The Labute approximate surface area is 91.6 Å². The van der Waals surface area contributed by atoms with E-state index in [2.05, 4.69) is 13.5 Å². The van der Waals surface area contributed by atoms with Crippen LogP contribution >= 0.6 is 0 Å². The predicted octanol–water partition coefficient (Wildman–Crippen LogP) is 0.644. The van der Waals surface area contributed by atoms with Gasteiger partial charge in [0.15, 0.2) is 0 Å². The molecule has 1 fully saturated rings. The van der Waals surface area contributed by atoms with E-state index < -0.39 is 11.0 Å². The van der Waals surface area contributed by atoms with Gasteiger partial charge in [-0.15, -0.1) is 0 Å². The Morgan fingerprint density at radius 2 is 2.20 bits per heavy atom. The lowest BCUT2D eigenvalue weighted by atomic mass is 10.2. The zero-order chi connectivity index (χ0) is 11.8. The van der Waals surface area contributed by atoms with Gasteiger partial charge in [0.05, 0.1) is 0 Å². The SMILES string of the molecule is C=CC(=O)N1CC1CCCC.O=[SH](=O)O. The molecule has 1 saturated heterocycles. The van der Waals surface area contributed by atoms with Gasteiger partial charge in [-0.1, -0.05) is 26.3 Å². The molecule has 0 bridgehead atoms. The molecular weight excluding hydrogens is 218 g/mol. The fourth-order valence-corrected chi connectivity index (χ4v) is 1.25. The monoisotopic (exact) mass is 235 g/mol. The van der Waals surface area contributed by atoms with Gasteiger partial charge in [0, 0.05) is 12.6 Å². The van der Waals surface area contributed by atoms with Gasteiger partial charge in [0.2, 0.25) is 5.91 Å². The molecule has 0 aliphatic carbocycles. The molecule has 1 atom stereocenters. The Morgan fingerprint density at radius 3 is 2.60 bits per heavy atom. The number of carbonyl (C=O) groups excluding carboxylic acids is 1. The zero-order valence-corrected chi connectivity index (χ0v) is 9.65. The number of carbonyl (C=O) groups is 1. The Morgan fingerprint density at radius 1 is 1.67 bits per heavy atom. The summed E-state index contributed by atoms with van der Waals surface area (Å²) in [4.78, 5) is 12.8. The van der Waals surface area contributed by atoms with E-state index in [-0.39, 0.29) is 5.91 Å². The maximum absolute atomic E-state index is 11.0. The Hall–Kier alpha value is -0.880. The van der Waals surface area contributed by atoms with Crippen LogP contribution in [0.4, 0.5) is 0 Å². The fourth-order valence-electron chi connectivity index (χ4n) is 1.25. The van der Waals surface area contributed by atoms with Crippen LogP contribution in [0.3, 0.4) is 0 Å². The number of nitrogens with zero attached hydrogens (tertiary/aromatic N) is 1. The number of hydrogen-bond acceptors (Lipinski definition) is 3. The smallest absolute Gasteiger partial charge is 0.254 e. The van der Waals surface area contributed by atoms with Crippen LogP contribution < -0.4 is 0 Å². The van der Waals surface area contributed by atoms with Gasteiger partial charge in [-0.05, 0) is 12.5 Å². The van der Waals surface area contributed by atoms with Crippen LogP contribution in [0.15, 0.2) is 12.7 Å². The second-order valence-corrected chi connectivity index (χ2v) is 3.70. The maximum atomic E-state index is 11.0. The van der Waals surface area contributed by atoms with E-state index in [1.165, 1.54) is 18.9 Å². The van der Waals surface area contributed by atoms with E-state index in [4.69, 9.17) is 13.0 Å². The lowest BCUT2D eigenvalue weighted by molar-refractivity contribution is -0.121. The highest BCUT2D eigenvalue weighted by atomic mass is 32.2. The van der Waals surface area contributed by atoms with Crippen LogP contribution in [0.2, 0.25) is 0 Å². The van der Waals surface area contributed by atoms with Crippen molar-refractivity contribution in [2.24, 2.45) is 0 Å². The molecule has 0 aromatic carbocycles. The molecule has 1 amide bonds. The summed E-state index contributed by atoms with van der Waals surface area (Å²) in [7, 11) is -3.12. The third kappa shape index (κ3) is 7.10. The first-order valence-electron chi connectivity index (χ1n) is 4.79. The van der Waals surface area contributed by atoms with Crippen LogP contribution in [-0.4, -0.2) is 36.4 Å². The van der Waals surface area contributed by atoms with Gasteiger partial charge in [0.1, 0.15) is 0 Å². The van der Waals surface area contributed by atoms with E-state index >= 15 is 0 Å². The van der Waals surface area contributed by atoms with Crippen molar-refractivity contribution in [3.63, 3.8) is 0 Å². The van der Waals surface area contributed by atoms with Crippen LogP contribution in [-0.2, 0) is 15.8 Å². The fraction of sp³-hybridized carbons (Fsp3) is 0.667. The summed E-state index contributed by atoms with van der Waals surface area (Å²) in [5.74, 6) is 0.0890. The molecule has 88 valence electrons. The number of amides is 1. The van der Waals surface area contributed by atoms with E-state index in [1.807, 2.05) is 4.90 Å². The first kappa shape index (κ1) is 14.1. The summed E-state index contributed by atoms with van der Waals surface area (Å²) in [5, 5.41) is 0. The molecule has 6 heteroatoms. The minimum absolute atomic E-state index is 0.0890. The van der Waals surface area contributed by atoms with Crippen LogP contribution in [0.25, 0.3) is 0 Å². The normalized spacial score (nSPS) is 18.1. The third-order valence-electron chi connectivity index (χ3n) is 2.06. The summed E-state index contributed by atoms with van der Waals surface area (Å²) < 4.78 is 24.2. The van der Waals surface area contributed by atoms with Gasteiger partial charge in [0.25, 0.3) is 11.0 Å². The van der Waals surface area contributed by atoms with Crippen molar-refractivity contribution in [3.05, 3.63) is 12.7 Å². The summed E-state index contributed by atoms with van der Waals surface area (Å²) in [6, 6.07) is 0.528. The highest BCUT2D eigenvalue weighted by Crippen LogP contribution is 2.22. The van der Waals surface area contributed by atoms with Crippen molar-refractivity contribution in [3.8, 4) is 0 Å². The highest BCUT2D eigenvalue weighted by molar-refractivity contribution is 7.66. The van der Waals surface area contributed by atoms with Gasteiger partial charge < -0.3 is 4.90 Å². The molecule has 0 aromatic rings. The second-order valence-electron chi connectivity index (χ2n) is 3.23. The average molecular weight is 235 g/mol. The molecule has 15 heavy (non-hydrogen) atoms. The Bertz CT molecular complexity index is 280. The maximum Gasteiger partial charge on any atom is 0.254 e. The summed E-state index contributed by atoms with van der Waals surface area (Å²) in [6.07, 6.45) is 5.00. The molecule has 1 unspecified atom stereocenters.